The Kier molecular flexibility index (Phi) is 4.38. The molecule has 2 aliphatic rings. The minimum absolute atomic E-state index is 0.108. The van der Waals surface area contributed by atoms with Gasteiger partial charge in [0.1, 0.15) is 0 Å². The monoisotopic (exact) mass is 337 g/mol. The number of aryl methyl sites for hydroxylation is 1. The first-order valence-corrected chi connectivity index (χ1v) is 9.11. The van der Waals surface area contributed by atoms with Crippen LogP contribution in [0.25, 0.3) is 0 Å². The summed E-state index contributed by atoms with van der Waals surface area (Å²) < 4.78 is 0. The third-order valence-electron chi connectivity index (χ3n) is 5.64. The molecule has 2 aromatic rings. The number of aromatic nitrogens is 2. The second kappa shape index (κ2) is 6.82. The first kappa shape index (κ1) is 16.1. The molecular weight excluding hydrogens is 314 g/mol. The number of rotatable bonds is 3. The number of nitrogens with zero attached hydrogens (tertiary/aromatic N) is 2. The quantitative estimate of drug-likeness (QED) is 0.936. The van der Waals surface area contributed by atoms with Gasteiger partial charge in [0.05, 0.1) is 12.0 Å². The van der Waals surface area contributed by atoms with E-state index in [0.717, 1.165) is 44.5 Å². The standard InChI is InChI=1S/C20H23N3O2/c24-19-12-18(21-13-22-19)15-7-9-23(10-8-15)20(25)11-16-6-5-14-3-1-2-4-17(14)16/h1-4,12-13,15-16H,5-11H2,(H,21,22,24). The van der Waals surface area contributed by atoms with Crippen molar-refractivity contribution in [3.63, 3.8) is 0 Å². The highest BCUT2D eigenvalue weighted by Crippen LogP contribution is 2.36. The van der Waals surface area contributed by atoms with Gasteiger partial charge in [-0.3, -0.25) is 9.59 Å². The van der Waals surface area contributed by atoms with Crippen LogP contribution in [-0.2, 0) is 11.2 Å². The Hall–Kier alpha value is -2.43. The van der Waals surface area contributed by atoms with Crippen LogP contribution in [0.3, 0.4) is 0 Å². The van der Waals surface area contributed by atoms with Crippen LogP contribution in [0.1, 0.15) is 54.3 Å². The Morgan fingerprint density at radius 2 is 2.00 bits per heavy atom. The SMILES string of the molecule is O=C(CC1CCc2ccccc21)N1CCC(c2cc(=O)[nH]cn2)CC1. The number of likely N-dealkylation sites (tertiary alicyclic amines) is 1. The van der Waals surface area contributed by atoms with Crippen molar-refractivity contribution in [2.24, 2.45) is 0 Å². The van der Waals surface area contributed by atoms with Crippen LogP contribution < -0.4 is 5.56 Å². The van der Waals surface area contributed by atoms with Crippen molar-refractivity contribution in [1.82, 2.24) is 14.9 Å². The number of piperidine rings is 1. The highest BCUT2D eigenvalue weighted by atomic mass is 16.2. The molecule has 1 atom stereocenters. The predicted molar refractivity (Wildman–Crippen MR) is 95.5 cm³/mol. The zero-order valence-electron chi connectivity index (χ0n) is 14.3. The summed E-state index contributed by atoms with van der Waals surface area (Å²) in [7, 11) is 0. The molecule has 1 saturated heterocycles. The van der Waals surface area contributed by atoms with Crippen molar-refractivity contribution in [2.75, 3.05) is 13.1 Å². The molecule has 25 heavy (non-hydrogen) atoms. The molecule has 2 heterocycles. The van der Waals surface area contributed by atoms with E-state index in [1.165, 1.54) is 17.5 Å². The first-order valence-electron chi connectivity index (χ1n) is 9.11. The van der Waals surface area contributed by atoms with E-state index in [-0.39, 0.29) is 17.4 Å². The number of fused-ring (bicyclic) bond motifs is 1. The van der Waals surface area contributed by atoms with E-state index >= 15 is 0 Å². The molecule has 5 heteroatoms. The van der Waals surface area contributed by atoms with Crippen molar-refractivity contribution in [1.29, 1.82) is 0 Å². The van der Waals surface area contributed by atoms with Gasteiger partial charge < -0.3 is 9.88 Å². The van der Waals surface area contributed by atoms with Crippen LogP contribution in [0.4, 0.5) is 0 Å². The number of aromatic amines is 1. The Bertz CT molecular complexity index is 821. The van der Waals surface area contributed by atoms with E-state index in [1.54, 1.807) is 6.07 Å². The van der Waals surface area contributed by atoms with E-state index in [0.29, 0.717) is 12.3 Å². The lowest BCUT2D eigenvalue weighted by Crippen LogP contribution is -2.38. The molecule has 1 amide bonds. The van der Waals surface area contributed by atoms with E-state index in [9.17, 15) is 9.59 Å². The number of hydrogen-bond donors (Lipinski definition) is 1. The van der Waals surface area contributed by atoms with Gasteiger partial charge in [0.15, 0.2) is 0 Å². The zero-order chi connectivity index (χ0) is 17.2. The van der Waals surface area contributed by atoms with Crippen LogP contribution in [0.2, 0.25) is 0 Å². The molecule has 0 bridgehead atoms. The number of nitrogens with one attached hydrogen (secondary N) is 1. The highest BCUT2D eigenvalue weighted by Gasteiger charge is 2.29. The lowest BCUT2D eigenvalue weighted by atomic mass is 9.92. The Labute approximate surface area is 147 Å². The summed E-state index contributed by atoms with van der Waals surface area (Å²) in [5, 5.41) is 0. The van der Waals surface area contributed by atoms with Gasteiger partial charge in [0.2, 0.25) is 5.91 Å². The van der Waals surface area contributed by atoms with Crippen molar-refractivity contribution in [3.8, 4) is 0 Å². The fraction of sp³-hybridized carbons (Fsp3) is 0.450. The molecule has 1 aromatic carbocycles. The topological polar surface area (TPSA) is 66.1 Å². The maximum Gasteiger partial charge on any atom is 0.250 e. The van der Waals surface area contributed by atoms with E-state index in [4.69, 9.17) is 0 Å². The Balaban J connectivity index is 1.35. The molecule has 1 fully saturated rings. The molecule has 5 nitrogen and oxygen atoms in total. The predicted octanol–water partition coefficient (Wildman–Crippen LogP) is 2.60. The molecule has 1 unspecified atom stereocenters. The lowest BCUT2D eigenvalue weighted by Gasteiger charge is -2.32. The Morgan fingerprint density at radius 1 is 1.20 bits per heavy atom. The molecule has 0 spiro atoms. The van der Waals surface area contributed by atoms with Gasteiger partial charge in [-0.05, 0) is 42.7 Å². The third-order valence-corrected chi connectivity index (χ3v) is 5.64. The molecule has 1 aliphatic heterocycles. The number of carbonyl (C=O) groups excluding carboxylic acids is 1. The van der Waals surface area contributed by atoms with Crippen LogP contribution in [0, 0.1) is 0 Å². The Morgan fingerprint density at radius 3 is 2.80 bits per heavy atom. The van der Waals surface area contributed by atoms with Gasteiger partial charge in [0.25, 0.3) is 5.56 Å². The summed E-state index contributed by atoms with van der Waals surface area (Å²) in [4.78, 5) is 33.0. The molecule has 4 rings (SSSR count). The van der Waals surface area contributed by atoms with Crippen LogP contribution in [0.15, 0.2) is 41.5 Å². The minimum atomic E-state index is -0.108. The van der Waals surface area contributed by atoms with Gasteiger partial charge >= 0.3 is 0 Å². The second-order valence-corrected chi connectivity index (χ2v) is 7.13. The fourth-order valence-corrected chi connectivity index (χ4v) is 4.23. The normalized spacial score (nSPS) is 20.5. The molecule has 130 valence electrons. The van der Waals surface area contributed by atoms with Gasteiger partial charge in [-0.2, -0.15) is 0 Å². The summed E-state index contributed by atoms with van der Waals surface area (Å²) >= 11 is 0. The molecule has 1 aliphatic carbocycles. The lowest BCUT2D eigenvalue weighted by molar-refractivity contribution is -0.132. The smallest absolute Gasteiger partial charge is 0.250 e. The van der Waals surface area contributed by atoms with E-state index < -0.39 is 0 Å². The fourth-order valence-electron chi connectivity index (χ4n) is 4.23. The van der Waals surface area contributed by atoms with Gasteiger partial charge in [0, 0.05) is 31.5 Å². The number of benzene rings is 1. The average Bonchev–Trinajstić information content (AvgIpc) is 3.05. The first-order chi connectivity index (χ1) is 12.2. The number of amides is 1. The van der Waals surface area contributed by atoms with Gasteiger partial charge in [-0.25, -0.2) is 4.98 Å². The summed E-state index contributed by atoms with van der Waals surface area (Å²) in [5.41, 5.74) is 3.50. The van der Waals surface area contributed by atoms with Crippen LogP contribution in [0.5, 0.6) is 0 Å². The number of carbonyl (C=O) groups is 1. The molecule has 1 N–H and O–H groups in total. The number of hydrogen-bond acceptors (Lipinski definition) is 3. The van der Waals surface area contributed by atoms with Crippen molar-refractivity contribution in [2.45, 2.75) is 43.9 Å². The van der Waals surface area contributed by atoms with Gasteiger partial charge in [-0.15, -0.1) is 0 Å². The molecule has 1 aromatic heterocycles. The van der Waals surface area contributed by atoms with Crippen molar-refractivity contribution < 1.29 is 4.79 Å². The second-order valence-electron chi connectivity index (χ2n) is 7.13. The maximum atomic E-state index is 12.7. The molecular formula is C20H23N3O2. The summed E-state index contributed by atoms with van der Waals surface area (Å²) in [6, 6.07) is 10.1. The summed E-state index contributed by atoms with van der Waals surface area (Å²) in [6.07, 6.45) is 6.01. The van der Waals surface area contributed by atoms with Crippen molar-refractivity contribution in [3.05, 3.63) is 63.8 Å². The highest BCUT2D eigenvalue weighted by molar-refractivity contribution is 5.77. The van der Waals surface area contributed by atoms with Crippen LogP contribution >= 0.6 is 0 Å². The van der Waals surface area contributed by atoms with Crippen LogP contribution in [-0.4, -0.2) is 33.9 Å². The zero-order valence-corrected chi connectivity index (χ0v) is 14.3. The summed E-state index contributed by atoms with van der Waals surface area (Å²) in [6.45, 7) is 1.51. The van der Waals surface area contributed by atoms with E-state index in [2.05, 4.69) is 34.2 Å². The van der Waals surface area contributed by atoms with E-state index in [1.807, 2.05) is 4.90 Å². The van der Waals surface area contributed by atoms with Crippen molar-refractivity contribution >= 4 is 5.91 Å². The molecule has 0 saturated carbocycles. The minimum Gasteiger partial charge on any atom is -0.343 e. The summed E-state index contributed by atoms with van der Waals surface area (Å²) in [5.74, 6) is 0.911. The van der Waals surface area contributed by atoms with Gasteiger partial charge in [-0.1, -0.05) is 24.3 Å². The maximum absolute atomic E-state index is 12.7. The average molecular weight is 337 g/mol. The largest absolute Gasteiger partial charge is 0.343 e. The molecule has 0 radical (unpaired) electrons. The third kappa shape index (κ3) is 3.36. The number of H-pyrrole nitrogens is 1.